The Kier molecular flexibility index (Phi) is 3.45. The molecule has 1 amide bonds. The molecule has 1 aliphatic rings. The Bertz CT molecular complexity index is 908. The van der Waals surface area contributed by atoms with Gasteiger partial charge in [-0.2, -0.15) is 10.2 Å². The number of anilines is 1. The molecule has 6 heteroatoms. The molecule has 0 saturated carbocycles. The van der Waals surface area contributed by atoms with Gasteiger partial charge in [-0.05, 0) is 37.6 Å². The van der Waals surface area contributed by atoms with Gasteiger partial charge in [-0.15, -0.1) is 0 Å². The van der Waals surface area contributed by atoms with Gasteiger partial charge >= 0.3 is 0 Å². The number of rotatable bonds is 3. The van der Waals surface area contributed by atoms with Gasteiger partial charge in [0.1, 0.15) is 5.82 Å². The molecule has 122 valence electrons. The van der Waals surface area contributed by atoms with E-state index in [1.807, 2.05) is 53.5 Å². The number of fused-ring (bicyclic) bond motifs is 1. The lowest BCUT2D eigenvalue weighted by atomic mass is 10.1. The van der Waals surface area contributed by atoms with Crippen molar-refractivity contribution in [3.8, 4) is 0 Å². The van der Waals surface area contributed by atoms with Gasteiger partial charge in [-0.25, -0.2) is 4.68 Å². The summed E-state index contributed by atoms with van der Waals surface area (Å²) in [5.74, 6) is 0.883. The summed E-state index contributed by atoms with van der Waals surface area (Å²) in [5, 5.41) is 8.71. The molecule has 0 atom stereocenters. The fraction of sp³-hybridized carbons (Fsp3) is 0.278. The number of aryl methyl sites for hydroxylation is 2. The normalized spacial score (nSPS) is 13.3. The Balaban J connectivity index is 1.59. The Morgan fingerprint density at radius 3 is 2.83 bits per heavy atom. The van der Waals surface area contributed by atoms with Crippen LogP contribution in [-0.4, -0.2) is 32.0 Å². The van der Waals surface area contributed by atoms with Crippen LogP contribution in [0.2, 0.25) is 0 Å². The van der Waals surface area contributed by atoms with Crippen molar-refractivity contribution in [1.29, 1.82) is 0 Å². The van der Waals surface area contributed by atoms with Crippen LogP contribution in [0.4, 0.5) is 5.82 Å². The van der Waals surface area contributed by atoms with Gasteiger partial charge < -0.3 is 0 Å². The van der Waals surface area contributed by atoms with E-state index in [-0.39, 0.29) is 5.91 Å². The van der Waals surface area contributed by atoms with Crippen LogP contribution in [0.15, 0.2) is 42.6 Å². The molecule has 0 aliphatic carbocycles. The first kappa shape index (κ1) is 14.7. The largest absolute Gasteiger partial charge is 0.291 e. The van der Waals surface area contributed by atoms with E-state index in [4.69, 9.17) is 0 Å². The molecule has 0 spiro atoms. The summed E-state index contributed by atoms with van der Waals surface area (Å²) in [4.78, 5) is 14.6. The average molecular weight is 321 g/mol. The molecule has 3 heterocycles. The van der Waals surface area contributed by atoms with E-state index in [1.54, 1.807) is 11.1 Å². The minimum atomic E-state index is 0.0180. The monoisotopic (exact) mass is 321 g/mol. The van der Waals surface area contributed by atoms with E-state index in [0.29, 0.717) is 18.7 Å². The van der Waals surface area contributed by atoms with Crippen molar-refractivity contribution in [2.24, 2.45) is 0 Å². The molecule has 0 radical (unpaired) electrons. The molecular weight excluding hydrogens is 302 g/mol. The first-order valence-electron chi connectivity index (χ1n) is 8.05. The van der Waals surface area contributed by atoms with Gasteiger partial charge in [0.2, 0.25) is 0 Å². The van der Waals surface area contributed by atoms with E-state index in [0.717, 1.165) is 29.3 Å². The van der Waals surface area contributed by atoms with Crippen LogP contribution in [0.1, 0.15) is 27.3 Å². The quantitative estimate of drug-likeness (QED) is 0.744. The van der Waals surface area contributed by atoms with Crippen LogP contribution in [0.25, 0.3) is 0 Å². The molecule has 24 heavy (non-hydrogen) atoms. The molecule has 3 aromatic rings. The van der Waals surface area contributed by atoms with Crippen LogP contribution < -0.4 is 4.90 Å². The third-order valence-corrected chi connectivity index (χ3v) is 4.36. The lowest BCUT2D eigenvalue weighted by Gasteiger charge is -2.15. The summed E-state index contributed by atoms with van der Waals surface area (Å²) in [6, 6.07) is 11.7. The Morgan fingerprint density at radius 1 is 1.17 bits per heavy atom. The first-order valence-corrected chi connectivity index (χ1v) is 8.05. The van der Waals surface area contributed by atoms with Gasteiger partial charge in [0, 0.05) is 23.9 Å². The van der Waals surface area contributed by atoms with Crippen molar-refractivity contribution in [1.82, 2.24) is 19.6 Å². The lowest BCUT2D eigenvalue weighted by molar-refractivity contribution is 0.0989. The molecule has 6 nitrogen and oxygen atoms in total. The maximum Gasteiger partial charge on any atom is 0.259 e. The van der Waals surface area contributed by atoms with E-state index < -0.39 is 0 Å². The molecule has 0 fully saturated rings. The third-order valence-electron chi connectivity index (χ3n) is 4.36. The maximum absolute atomic E-state index is 12.8. The first-order chi connectivity index (χ1) is 11.6. The zero-order chi connectivity index (χ0) is 16.7. The van der Waals surface area contributed by atoms with Gasteiger partial charge in [0.15, 0.2) is 0 Å². The zero-order valence-electron chi connectivity index (χ0n) is 13.8. The van der Waals surface area contributed by atoms with Crippen molar-refractivity contribution in [2.45, 2.75) is 26.9 Å². The second-order valence-electron chi connectivity index (χ2n) is 6.15. The molecule has 0 unspecified atom stereocenters. The Hall–Kier alpha value is -2.89. The van der Waals surface area contributed by atoms with Crippen LogP contribution >= 0.6 is 0 Å². The predicted molar refractivity (Wildman–Crippen MR) is 91.1 cm³/mol. The van der Waals surface area contributed by atoms with Crippen molar-refractivity contribution in [3.63, 3.8) is 0 Å². The predicted octanol–water partition coefficient (Wildman–Crippen LogP) is 2.41. The highest BCUT2D eigenvalue weighted by Gasteiger charge is 2.26. The number of aromatic nitrogens is 4. The minimum Gasteiger partial charge on any atom is -0.291 e. The number of carbonyl (C=O) groups excluding carboxylic acids is 1. The molecule has 0 N–H and O–H groups in total. The van der Waals surface area contributed by atoms with Gasteiger partial charge in [-0.1, -0.05) is 12.1 Å². The molecule has 0 saturated heterocycles. The second-order valence-corrected chi connectivity index (χ2v) is 6.15. The molecule has 2 aromatic heterocycles. The maximum atomic E-state index is 12.8. The van der Waals surface area contributed by atoms with Gasteiger partial charge in [-0.3, -0.25) is 14.4 Å². The van der Waals surface area contributed by atoms with E-state index in [1.165, 1.54) is 0 Å². The molecule has 4 rings (SSSR count). The molecule has 0 bridgehead atoms. The Labute approximate surface area is 140 Å². The highest BCUT2D eigenvalue weighted by molar-refractivity contribution is 6.06. The number of hydrogen-bond acceptors (Lipinski definition) is 3. The standard InChI is InChI=1S/C18H19N5O/c1-13-10-14(2)23(20-13)12-15-4-3-5-16(11-15)18(24)21-8-9-22-17(21)6-7-19-22/h3-7,10-11H,8-9,12H2,1-2H3. The fourth-order valence-corrected chi connectivity index (χ4v) is 3.21. The van der Waals surface area contributed by atoms with Crippen LogP contribution in [0.3, 0.4) is 0 Å². The van der Waals surface area contributed by atoms with Crippen molar-refractivity contribution >= 4 is 11.7 Å². The lowest BCUT2D eigenvalue weighted by Crippen LogP contribution is -2.28. The fourth-order valence-electron chi connectivity index (χ4n) is 3.21. The average Bonchev–Trinajstić information content (AvgIpc) is 3.23. The summed E-state index contributed by atoms with van der Waals surface area (Å²) in [5.41, 5.74) is 3.89. The zero-order valence-corrected chi connectivity index (χ0v) is 13.8. The molecule has 1 aliphatic heterocycles. The Morgan fingerprint density at radius 2 is 2.04 bits per heavy atom. The summed E-state index contributed by atoms with van der Waals surface area (Å²) >= 11 is 0. The molecular formula is C18H19N5O. The highest BCUT2D eigenvalue weighted by Crippen LogP contribution is 2.22. The SMILES string of the molecule is Cc1cc(C)n(Cc2cccc(C(=O)N3CCn4nccc43)c2)n1. The number of nitrogens with zero attached hydrogens (tertiary/aromatic N) is 5. The topological polar surface area (TPSA) is 56.0 Å². The van der Waals surface area contributed by atoms with Crippen molar-refractivity contribution in [2.75, 3.05) is 11.4 Å². The summed E-state index contributed by atoms with van der Waals surface area (Å²) in [6.07, 6.45) is 1.73. The second kappa shape index (κ2) is 5.63. The van der Waals surface area contributed by atoms with Gasteiger partial charge in [0.25, 0.3) is 5.91 Å². The highest BCUT2D eigenvalue weighted by atomic mass is 16.2. The third kappa shape index (κ3) is 2.50. The number of carbonyl (C=O) groups is 1. The minimum absolute atomic E-state index is 0.0180. The van der Waals surface area contributed by atoms with Crippen molar-refractivity contribution in [3.05, 3.63) is 65.1 Å². The van der Waals surface area contributed by atoms with E-state index in [9.17, 15) is 4.79 Å². The van der Waals surface area contributed by atoms with Crippen LogP contribution in [0, 0.1) is 13.8 Å². The summed E-state index contributed by atoms with van der Waals surface area (Å²) in [6.45, 7) is 6.11. The van der Waals surface area contributed by atoms with Crippen LogP contribution in [-0.2, 0) is 13.1 Å². The number of amides is 1. The van der Waals surface area contributed by atoms with E-state index >= 15 is 0 Å². The van der Waals surface area contributed by atoms with Crippen LogP contribution in [0.5, 0.6) is 0 Å². The number of benzene rings is 1. The summed E-state index contributed by atoms with van der Waals surface area (Å²) < 4.78 is 3.82. The van der Waals surface area contributed by atoms with Crippen molar-refractivity contribution < 1.29 is 4.79 Å². The number of hydrogen-bond donors (Lipinski definition) is 0. The summed E-state index contributed by atoms with van der Waals surface area (Å²) in [7, 11) is 0. The van der Waals surface area contributed by atoms with E-state index in [2.05, 4.69) is 16.3 Å². The smallest absolute Gasteiger partial charge is 0.259 e. The molecule has 1 aromatic carbocycles. The van der Waals surface area contributed by atoms with Gasteiger partial charge in [0.05, 0.1) is 25.0 Å².